The first-order valence-corrected chi connectivity index (χ1v) is 9.42. The average molecular weight is 411 g/mol. The number of esters is 1. The van der Waals surface area contributed by atoms with E-state index in [0.717, 1.165) is 11.1 Å². The molecule has 0 aliphatic carbocycles. The van der Waals surface area contributed by atoms with Gasteiger partial charge in [-0.3, -0.25) is 4.79 Å². The van der Waals surface area contributed by atoms with Crippen LogP contribution in [0.25, 0.3) is 0 Å². The molecule has 0 aliphatic heterocycles. The van der Waals surface area contributed by atoms with E-state index in [-0.39, 0.29) is 30.1 Å². The van der Waals surface area contributed by atoms with Gasteiger partial charge in [0.1, 0.15) is 12.3 Å². The molecule has 1 N–H and O–H groups in total. The Balaban J connectivity index is 2.18. The van der Waals surface area contributed by atoms with E-state index in [0.29, 0.717) is 11.1 Å². The standard InChI is InChI=1S/C23H25NO6/c1-15(24-30-16(2)26)21(27)17-5-9-19(10-6-17)23(3,4)20-11-7-18(8-12-20)22(28)29-14-13-25/h5-12,25H,13-14H2,1-4H3/b24-15+. The number of ketones is 1. The molecule has 2 aromatic carbocycles. The maximum atomic E-state index is 12.4. The fourth-order valence-corrected chi connectivity index (χ4v) is 2.83. The van der Waals surface area contributed by atoms with Gasteiger partial charge in [0.15, 0.2) is 0 Å². The third kappa shape index (κ3) is 5.61. The van der Waals surface area contributed by atoms with E-state index in [1.54, 1.807) is 24.3 Å². The lowest BCUT2D eigenvalue weighted by Crippen LogP contribution is -2.20. The van der Waals surface area contributed by atoms with Crippen molar-refractivity contribution >= 4 is 23.4 Å². The summed E-state index contributed by atoms with van der Waals surface area (Å²) in [5.74, 6) is -1.40. The van der Waals surface area contributed by atoms with E-state index >= 15 is 0 Å². The summed E-state index contributed by atoms with van der Waals surface area (Å²) in [7, 11) is 0. The molecule has 0 fully saturated rings. The zero-order chi connectivity index (χ0) is 22.3. The molecule has 0 atom stereocenters. The number of oxime groups is 1. The number of Topliss-reactive ketones (excluding diaryl/α,β-unsaturated/α-hetero) is 1. The van der Waals surface area contributed by atoms with Crippen LogP contribution in [0.2, 0.25) is 0 Å². The Morgan fingerprint density at radius 1 is 0.900 bits per heavy atom. The monoisotopic (exact) mass is 411 g/mol. The van der Waals surface area contributed by atoms with Crippen molar-refractivity contribution in [2.75, 3.05) is 13.2 Å². The first-order chi connectivity index (χ1) is 14.2. The fraction of sp³-hybridized carbons (Fsp3) is 0.304. The van der Waals surface area contributed by atoms with Crippen LogP contribution in [-0.2, 0) is 19.8 Å². The minimum Gasteiger partial charge on any atom is -0.460 e. The lowest BCUT2D eigenvalue weighted by molar-refractivity contribution is -0.140. The minimum absolute atomic E-state index is 0.0395. The number of hydrogen-bond acceptors (Lipinski definition) is 7. The molecule has 0 spiro atoms. The van der Waals surface area contributed by atoms with Gasteiger partial charge in [-0.05, 0) is 30.2 Å². The molecule has 0 bridgehead atoms. The SMILES string of the molecule is CC(=O)O/N=C(\C)C(=O)c1ccc(C(C)(C)c2ccc(C(=O)OCCO)cc2)cc1. The molecule has 7 nitrogen and oxygen atoms in total. The fourth-order valence-electron chi connectivity index (χ4n) is 2.83. The second-order valence-corrected chi connectivity index (χ2v) is 7.23. The Labute approximate surface area is 175 Å². The van der Waals surface area contributed by atoms with E-state index in [4.69, 9.17) is 9.84 Å². The third-order valence-electron chi connectivity index (χ3n) is 4.68. The quantitative estimate of drug-likeness (QED) is 0.235. The molecule has 7 heteroatoms. The highest BCUT2D eigenvalue weighted by atomic mass is 16.7. The Morgan fingerprint density at radius 2 is 1.40 bits per heavy atom. The molecule has 0 aromatic heterocycles. The summed E-state index contributed by atoms with van der Waals surface area (Å²) in [5.41, 5.74) is 2.50. The Kier molecular flexibility index (Phi) is 7.60. The molecule has 0 unspecified atom stereocenters. The van der Waals surface area contributed by atoms with Crippen molar-refractivity contribution in [3.8, 4) is 0 Å². The molecule has 0 amide bonds. The van der Waals surface area contributed by atoms with Crippen LogP contribution < -0.4 is 0 Å². The van der Waals surface area contributed by atoms with Gasteiger partial charge in [0.2, 0.25) is 5.78 Å². The van der Waals surface area contributed by atoms with Crippen molar-refractivity contribution in [1.82, 2.24) is 0 Å². The topological polar surface area (TPSA) is 102 Å². The van der Waals surface area contributed by atoms with Crippen molar-refractivity contribution in [3.63, 3.8) is 0 Å². The summed E-state index contributed by atoms with van der Waals surface area (Å²) in [6, 6.07) is 14.2. The zero-order valence-corrected chi connectivity index (χ0v) is 17.5. The molecule has 0 saturated carbocycles. The largest absolute Gasteiger partial charge is 0.460 e. The highest BCUT2D eigenvalue weighted by Gasteiger charge is 2.24. The molecule has 0 aliphatic rings. The van der Waals surface area contributed by atoms with Crippen molar-refractivity contribution in [2.24, 2.45) is 5.16 Å². The number of rotatable bonds is 8. The number of carbonyl (C=O) groups excluding carboxylic acids is 3. The van der Waals surface area contributed by atoms with Crippen molar-refractivity contribution < 1.29 is 29.1 Å². The summed E-state index contributed by atoms with van der Waals surface area (Å²) in [4.78, 5) is 39.6. The number of benzene rings is 2. The van der Waals surface area contributed by atoms with Crippen molar-refractivity contribution in [3.05, 3.63) is 70.8 Å². The molecule has 0 saturated heterocycles. The highest BCUT2D eigenvalue weighted by molar-refractivity contribution is 6.45. The lowest BCUT2D eigenvalue weighted by atomic mass is 9.77. The van der Waals surface area contributed by atoms with Gasteiger partial charge in [0.25, 0.3) is 0 Å². The number of nitrogens with zero attached hydrogens (tertiary/aromatic N) is 1. The van der Waals surface area contributed by atoms with Gasteiger partial charge in [0.05, 0.1) is 12.2 Å². The summed E-state index contributed by atoms with van der Waals surface area (Å²) in [6.45, 7) is 6.51. The van der Waals surface area contributed by atoms with Gasteiger partial charge in [-0.1, -0.05) is 55.4 Å². The smallest absolute Gasteiger partial charge is 0.338 e. The van der Waals surface area contributed by atoms with E-state index in [1.165, 1.54) is 13.8 Å². The number of aliphatic hydroxyl groups is 1. The van der Waals surface area contributed by atoms with Gasteiger partial charge < -0.3 is 14.7 Å². The van der Waals surface area contributed by atoms with Crippen molar-refractivity contribution in [1.29, 1.82) is 0 Å². The molecule has 30 heavy (non-hydrogen) atoms. The van der Waals surface area contributed by atoms with Gasteiger partial charge in [-0.25, -0.2) is 9.59 Å². The highest BCUT2D eigenvalue weighted by Crippen LogP contribution is 2.32. The van der Waals surface area contributed by atoms with Gasteiger partial charge in [-0.15, -0.1) is 0 Å². The summed E-state index contributed by atoms with van der Waals surface area (Å²) in [6.07, 6.45) is 0. The van der Waals surface area contributed by atoms with Crippen LogP contribution in [0.1, 0.15) is 59.5 Å². The molecule has 2 rings (SSSR count). The lowest BCUT2D eigenvalue weighted by Gasteiger charge is -2.26. The number of carbonyl (C=O) groups is 3. The Morgan fingerprint density at radius 3 is 1.87 bits per heavy atom. The number of hydrogen-bond donors (Lipinski definition) is 1. The molecule has 0 heterocycles. The minimum atomic E-state index is -0.591. The molecule has 158 valence electrons. The maximum Gasteiger partial charge on any atom is 0.338 e. The van der Waals surface area contributed by atoms with Crippen molar-refractivity contribution in [2.45, 2.75) is 33.1 Å². The number of ether oxygens (including phenoxy) is 1. The van der Waals surface area contributed by atoms with Crippen LogP contribution in [0.15, 0.2) is 53.7 Å². The summed E-state index contributed by atoms with van der Waals surface area (Å²) < 4.78 is 4.91. The predicted molar refractivity (Wildman–Crippen MR) is 112 cm³/mol. The average Bonchev–Trinajstić information content (AvgIpc) is 2.75. The van der Waals surface area contributed by atoms with Crippen LogP contribution in [-0.4, -0.2) is 41.8 Å². The predicted octanol–water partition coefficient (Wildman–Crippen LogP) is 3.28. The van der Waals surface area contributed by atoms with Crippen LogP contribution in [0.3, 0.4) is 0 Å². The molecule has 0 radical (unpaired) electrons. The first-order valence-electron chi connectivity index (χ1n) is 9.42. The second kappa shape index (κ2) is 9.93. The number of aliphatic hydroxyl groups excluding tert-OH is 1. The Hall–Kier alpha value is -3.32. The van der Waals surface area contributed by atoms with E-state index in [2.05, 4.69) is 9.99 Å². The van der Waals surface area contributed by atoms with Gasteiger partial charge in [0, 0.05) is 17.9 Å². The van der Waals surface area contributed by atoms with Gasteiger partial charge in [-0.2, -0.15) is 0 Å². The maximum absolute atomic E-state index is 12.4. The van der Waals surface area contributed by atoms with E-state index in [1.807, 2.05) is 38.1 Å². The summed E-state index contributed by atoms with van der Waals surface area (Å²) in [5, 5.41) is 12.3. The van der Waals surface area contributed by atoms with Crippen LogP contribution in [0.5, 0.6) is 0 Å². The van der Waals surface area contributed by atoms with Crippen LogP contribution in [0.4, 0.5) is 0 Å². The zero-order valence-electron chi connectivity index (χ0n) is 17.5. The molecule has 2 aromatic rings. The summed E-state index contributed by atoms with van der Waals surface area (Å²) >= 11 is 0. The van der Waals surface area contributed by atoms with Gasteiger partial charge >= 0.3 is 11.9 Å². The molecular weight excluding hydrogens is 386 g/mol. The van der Waals surface area contributed by atoms with Crippen LogP contribution in [0, 0.1) is 0 Å². The van der Waals surface area contributed by atoms with E-state index < -0.39 is 11.9 Å². The van der Waals surface area contributed by atoms with Crippen LogP contribution >= 0.6 is 0 Å². The third-order valence-corrected chi connectivity index (χ3v) is 4.68. The van der Waals surface area contributed by atoms with E-state index in [9.17, 15) is 14.4 Å². The second-order valence-electron chi connectivity index (χ2n) is 7.23. The molecular formula is C23H25NO6. The normalized spacial score (nSPS) is 11.7. The first kappa shape index (κ1) is 23.0. The Bertz CT molecular complexity index is 943.